The van der Waals surface area contributed by atoms with E-state index in [0.717, 1.165) is 43.0 Å². The van der Waals surface area contributed by atoms with Gasteiger partial charge < -0.3 is 15.3 Å². The van der Waals surface area contributed by atoms with E-state index in [1.807, 2.05) is 16.9 Å². The molecule has 2 amide bonds. The topological polar surface area (TPSA) is 121 Å². The van der Waals surface area contributed by atoms with Crippen molar-refractivity contribution in [2.75, 3.05) is 23.3 Å². The normalized spacial score (nSPS) is 13.8. The lowest BCUT2D eigenvalue weighted by atomic mass is 10.1. The van der Waals surface area contributed by atoms with Crippen LogP contribution in [0.15, 0.2) is 69.7 Å². The molecule has 186 valence electrons. The zero-order valence-corrected chi connectivity index (χ0v) is 21.2. The van der Waals surface area contributed by atoms with Crippen molar-refractivity contribution in [2.24, 2.45) is 0 Å². The minimum Gasteiger partial charge on any atom is -0.494 e. The number of hydrogen-bond donors (Lipinski definition) is 3. The van der Waals surface area contributed by atoms with Gasteiger partial charge >= 0.3 is 6.03 Å². The zero-order chi connectivity index (χ0) is 25.4. The molecule has 0 bridgehead atoms. The highest BCUT2D eigenvalue weighted by atomic mass is 35.5. The first-order valence-corrected chi connectivity index (χ1v) is 13.7. The molecule has 1 aliphatic heterocycles. The lowest BCUT2D eigenvalue weighted by molar-refractivity contribution is 0.256. The van der Waals surface area contributed by atoms with Crippen molar-refractivity contribution in [1.82, 2.24) is 9.29 Å². The number of carbonyl (C=O) groups excluding carboxylic acids is 1. The highest BCUT2D eigenvalue weighted by Gasteiger charge is 2.20. The van der Waals surface area contributed by atoms with Crippen LogP contribution in [0, 0.1) is 0 Å². The average Bonchev–Trinajstić information content (AvgIpc) is 3.52. The van der Waals surface area contributed by atoms with Gasteiger partial charge in [0.25, 0.3) is 15.6 Å². The predicted octanol–water partition coefficient (Wildman–Crippen LogP) is 4.52. The van der Waals surface area contributed by atoms with Gasteiger partial charge in [-0.05, 0) is 72.8 Å². The standard InChI is InChI=1S/C24H21ClN4O5S2/c25-20-9-10-22(35-20)36(33,34)27-24(32)26-16-3-5-17(6-4-16)29-21(30)14-15-13-18(28-11-1-2-12-28)7-8-19(15)23(29)31/h3-10,13-14,31H,1-2,11-12H2,(H2,26,27,32). The first-order chi connectivity index (χ1) is 17.2. The molecule has 9 nitrogen and oxygen atoms in total. The predicted molar refractivity (Wildman–Crippen MR) is 141 cm³/mol. The van der Waals surface area contributed by atoms with E-state index < -0.39 is 21.6 Å². The molecule has 0 aliphatic carbocycles. The van der Waals surface area contributed by atoms with Gasteiger partial charge in [0.1, 0.15) is 4.21 Å². The zero-order valence-electron chi connectivity index (χ0n) is 18.8. The minimum atomic E-state index is -4.06. The van der Waals surface area contributed by atoms with Gasteiger partial charge in [0.2, 0.25) is 5.88 Å². The Labute approximate surface area is 215 Å². The SMILES string of the molecule is O=C(Nc1ccc(-n2c(O)c3ccc(N4CCCC4)cc3cc2=O)cc1)NS(=O)(=O)c1ccc(Cl)s1. The third kappa shape index (κ3) is 4.77. The van der Waals surface area contributed by atoms with E-state index in [-0.39, 0.29) is 14.4 Å². The van der Waals surface area contributed by atoms with Crippen LogP contribution in [0.3, 0.4) is 0 Å². The van der Waals surface area contributed by atoms with Crippen molar-refractivity contribution in [3.63, 3.8) is 0 Å². The Morgan fingerprint density at radius 2 is 1.67 bits per heavy atom. The molecule has 2 aromatic carbocycles. The molecular formula is C24H21ClN4O5S2. The summed E-state index contributed by atoms with van der Waals surface area (Å²) in [7, 11) is -4.06. The molecule has 1 saturated heterocycles. The van der Waals surface area contributed by atoms with Crippen LogP contribution >= 0.6 is 22.9 Å². The number of rotatable bonds is 5. The van der Waals surface area contributed by atoms with Crippen LogP contribution in [-0.4, -0.2) is 37.2 Å². The van der Waals surface area contributed by atoms with Gasteiger partial charge in [-0.3, -0.25) is 4.79 Å². The van der Waals surface area contributed by atoms with E-state index in [9.17, 15) is 23.1 Å². The number of amides is 2. The number of nitrogens with one attached hydrogen (secondary N) is 2. The second-order valence-electron chi connectivity index (χ2n) is 8.27. The van der Waals surface area contributed by atoms with Crippen LogP contribution in [0.4, 0.5) is 16.2 Å². The molecule has 5 rings (SSSR count). The van der Waals surface area contributed by atoms with E-state index >= 15 is 0 Å². The number of sulfonamides is 1. The minimum absolute atomic E-state index is 0.0864. The average molecular weight is 545 g/mol. The van der Waals surface area contributed by atoms with Crippen LogP contribution in [0.2, 0.25) is 4.34 Å². The Morgan fingerprint density at radius 1 is 0.972 bits per heavy atom. The molecule has 0 atom stereocenters. The van der Waals surface area contributed by atoms with Gasteiger partial charge in [0.05, 0.1) is 10.0 Å². The Morgan fingerprint density at radius 3 is 2.33 bits per heavy atom. The van der Waals surface area contributed by atoms with Gasteiger partial charge in [0.15, 0.2) is 0 Å². The second-order valence-corrected chi connectivity index (χ2v) is 11.9. The molecule has 2 aromatic heterocycles. The van der Waals surface area contributed by atoms with Crippen molar-refractivity contribution in [3.8, 4) is 11.6 Å². The van der Waals surface area contributed by atoms with Crippen molar-refractivity contribution < 1.29 is 18.3 Å². The third-order valence-corrected chi connectivity index (χ3v) is 8.94. The first kappa shape index (κ1) is 24.2. The quantitative estimate of drug-likeness (QED) is 0.340. The van der Waals surface area contributed by atoms with E-state index in [4.69, 9.17) is 11.6 Å². The number of thiophene rings is 1. The maximum absolute atomic E-state index is 12.9. The summed E-state index contributed by atoms with van der Waals surface area (Å²) in [6.45, 7) is 1.95. The summed E-state index contributed by atoms with van der Waals surface area (Å²) >= 11 is 6.60. The summed E-state index contributed by atoms with van der Waals surface area (Å²) < 4.78 is 27.8. The second kappa shape index (κ2) is 9.49. The summed E-state index contributed by atoms with van der Waals surface area (Å²) in [6.07, 6.45) is 2.27. The van der Waals surface area contributed by atoms with Gasteiger partial charge in [-0.1, -0.05) is 11.6 Å². The van der Waals surface area contributed by atoms with E-state index in [0.29, 0.717) is 22.1 Å². The number of hydrogen-bond acceptors (Lipinski definition) is 7. The molecule has 4 aromatic rings. The number of benzene rings is 2. The monoisotopic (exact) mass is 544 g/mol. The summed E-state index contributed by atoms with van der Waals surface area (Å²) in [4.78, 5) is 27.3. The van der Waals surface area contributed by atoms with Gasteiger partial charge in [-0.2, -0.15) is 0 Å². The number of urea groups is 1. The Hall–Kier alpha value is -3.54. The molecule has 0 spiro atoms. The van der Waals surface area contributed by atoms with Crippen molar-refractivity contribution in [2.45, 2.75) is 17.1 Å². The van der Waals surface area contributed by atoms with E-state index in [1.54, 1.807) is 6.07 Å². The lowest BCUT2D eigenvalue weighted by Crippen LogP contribution is -2.33. The fraction of sp³-hybridized carbons (Fsp3) is 0.167. The van der Waals surface area contributed by atoms with Crippen LogP contribution in [0.5, 0.6) is 5.88 Å². The third-order valence-electron chi connectivity index (χ3n) is 5.88. The number of aromatic hydroxyl groups is 1. The summed E-state index contributed by atoms with van der Waals surface area (Å²) in [5.74, 6) is -0.190. The Bertz CT molecular complexity index is 1620. The van der Waals surface area contributed by atoms with Gasteiger partial charge in [-0.25, -0.2) is 22.5 Å². The smallest absolute Gasteiger partial charge is 0.333 e. The molecule has 1 fully saturated rings. The number of fused-ring (bicyclic) bond motifs is 1. The molecule has 12 heteroatoms. The molecule has 36 heavy (non-hydrogen) atoms. The highest BCUT2D eigenvalue weighted by Crippen LogP contribution is 2.30. The fourth-order valence-electron chi connectivity index (χ4n) is 4.18. The van der Waals surface area contributed by atoms with Crippen LogP contribution in [-0.2, 0) is 10.0 Å². The Balaban J connectivity index is 1.35. The molecular weight excluding hydrogens is 524 g/mol. The molecule has 3 N–H and O–H groups in total. The van der Waals surface area contributed by atoms with Crippen LogP contribution in [0.25, 0.3) is 16.5 Å². The summed E-state index contributed by atoms with van der Waals surface area (Å²) in [6, 6.07) is 15.0. The molecule has 3 heterocycles. The molecule has 0 unspecified atom stereocenters. The van der Waals surface area contributed by atoms with Crippen LogP contribution < -0.4 is 20.5 Å². The summed E-state index contributed by atoms with van der Waals surface area (Å²) in [5.41, 5.74) is 1.29. The Kier molecular flexibility index (Phi) is 6.37. The largest absolute Gasteiger partial charge is 0.494 e. The number of nitrogens with zero attached hydrogens (tertiary/aromatic N) is 2. The first-order valence-electron chi connectivity index (χ1n) is 11.0. The maximum Gasteiger partial charge on any atom is 0.333 e. The molecule has 0 saturated carbocycles. The number of carbonyl (C=O) groups is 1. The van der Waals surface area contributed by atoms with E-state index in [2.05, 4.69) is 10.2 Å². The van der Waals surface area contributed by atoms with Gasteiger partial charge in [0, 0.05) is 35.9 Å². The van der Waals surface area contributed by atoms with Crippen molar-refractivity contribution >= 4 is 61.1 Å². The highest BCUT2D eigenvalue weighted by molar-refractivity contribution is 7.92. The van der Waals surface area contributed by atoms with Crippen molar-refractivity contribution in [1.29, 1.82) is 0 Å². The molecule has 0 radical (unpaired) electrons. The fourth-order valence-corrected chi connectivity index (χ4v) is 6.57. The number of pyridine rings is 1. The lowest BCUT2D eigenvalue weighted by Gasteiger charge is -2.19. The van der Waals surface area contributed by atoms with E-state index in [1.165, 1.54) is 47.0 Å². The number of halogens is 1. The molecule has 1 aliphatic rings. The summed E-state index contributed by atoms with van der Waals surface area (Å²) in [5, 5.41) is 14.5. The van der Waals surface area contributed by atoms with Crippen LogP contribution in [0.1, 0.15) is 12.8 Å². The number of aromatic nitrogens is 1. The van der Waals surface area contributed by atoms with Gasteiger partial charge in [-0.15, -0.1) is 11.3 Å². The maximum atomic E-state index is 12.9. The number of anilines is 2. The van der Waals surface area contributed by atoms with Crippen molar-refractivity contribution in [3.05, 3.63) is 75.4 Å².